The van der Waals surface area contributed by atoms with Crippen molar-refractivity contribution in [3.05, 3.63) is 47.2 Å². The molecule has 1 amide bonds. The number of amides is 1. The summed E-state index contributed by atoms with van der Waals surface area (Å²) in [6.07, 6.45) is 1.54. The van der Waals surface area contributed by atoms with Crippen molar-refractivity contribution >= 4 is 38.8 Å². The average molecular weight is 284 g/mol. The molecule has 0 fully saturated rings. The minimum Gasteiger partial charge on any atom is -0.397 e. The number of carbonyl (C=O) groups excluding carboxylic acids is 1. The van der Waals surface area contributed by atoms with Crippen LogP contribution in [0.4, 0.5) is 11.4 Å². The zero-order chi connectivity index (χ0) is 14.1. The Balaban J connectivity index is 1.89. The highest BCUT2D eigenvalue weighted by Crippen LogP contribution is 2.25. The number of rotatable bonds is 2. The molecule has 0 radical (unpaired) electrons. The van der Waals surface area contributed by atoms with Crippen molar-refractivity contribution in [3.8, 4) is 0 Å². The Hall–Kier alpha value is -2.47. The Morgan fingerprint density at radius 3 is 3.00 bits per heavy atom. The monoisotopic (exact) mass is 284 g/mol. The van der Waals surface area contributed by atoms with Gasteiger partial charge in [-0.15, -0.1) is 11.3 Å². The third-order valence-corrected chi connectivity index (χ3v) is 3.74. The highest BCUT2D eigenvalue weighted by molar-refractivity contribution is 7.18. The van der Waals surface area contributed by atoms with E-state index >= 15 is 0 Å². The number of nitrogens with one attached hydrogen (secondary N) is 1. The summed E-state index contributed by atoms with van der Waals surface area (Å²) in [5.41, 5.74) is 7.97. The number of carbonyl (C=O) groups is 1. The summed E-state index contributed by atoms with van der Waals surface area (Å²) in [5, 5.41) is 3.80. The van der Waals surface area contributed by atoms with Crippen LogP contribution >= 0.6 is 11.3 Å². The molecule has 1 aromatic carbocycles. The van der Waals surface area contributed by atoms with Crippen molar-refractivity contribution in [3.63, 3.8) is 0 Å². The summed E-state index contributed by atoms with van der Waals surface area (Å²) in [4.78, 5) is 20.5. The highest BCUT2D eigenvalue weighted by atomic mass is 32.1. The molecule has 20 heavy (non-hydrogen) atoms. The zero-order valence-corrected chi connectivity index (χ0v) is 11.6. The maximum absolute atomic E-state index is 12.1. The molecule has 3 N–H and O–H groups in total. The predicted octanol–water partition coefficient (Wildman–Crippen LogP) is 2.83. The number of fused-ring (bicyclic) bond motifs is 1. The number of hydrogen-bond acceptors (Lipinski definition) is 5. The SMILES string of the molecule is Cc1nc2ccc(NC(=O)c3ncccc3N)cc2s1. The van der Waals surface area contributed by atoms with Crippen LogP contribution in [0.25, 0.3) is 10.2 Å². The van der Waals surface area contributed by atoms with E-state index in [9.17, 15) is 4.79 Å². The molecule has 2 aromatic heterocycles. The number of benzene rings is 1. The van der Waals surface area contributed by atoms with E-state index < -0.39 is 0 Å². The van der Waals surface area contributed by atoms with E-state index in [2.05, 4.69) is 15.3 Å². The van der Waals surface area contributed by atoms with Crippen LogP contribution in [0.3, 0.4) is 0 Å². The number of aryl methyl sites for hydroxylation is 1. The fraction of sp³-hybridized carbons (Fsp3) is 0.0714. The van der Waals surface area contributed by atoms with Gasteiger partial charge in [0, 0.05) is 11.9 Å². The molecule has 0 saturated heterocycles. The second kappa shape index (κ2) is 4.90. The lowest BCUT2D eigenvalue weighted by atomic mass is 10.2. The molecule has 2 heterocycles. The van der Waals surface area contributed by atoms with Crippen LogP contribution in [0.2, 0.25) is 0 Å². The first-order chi connectivity index (χ1) is 9.63. The number of anilines is 2. The van der Waals surface area contributed by atoms with E-state index in [1.807, 2.05) is 25.1 Å². The van der Waals surface area contributed by atoms with E-state index in [1.54, 1.807) is 29.7 Å². The number of nitrogens with zero attached hydrogens (tertiary/aromatic N) is 2. The van der Waals surface area contributed by atoms with Gasteiger partial charge < -0.3 is 11.1 Å². The first kappa shape index (κ1) is 12.6. The number of thiazole rings is 1. The Morgan fingerprint density at radius 2 is 2.20 bits per heavy atom. The molecule has 5 nitrogen and oxygen atoms in total. The number of pyridine rings is 1. The average Bonchev–Trinajstić information content (AvgIpc) is 2.78. The lowest BCUT2D eigenvalue weighted by Gasteiger charge is -2.06. The van der Waals surface area contributed by atoms with Crippen molar-refractivity contribution < 1.29 is 4.79 Å². The molecule has 0 saturated carbocycles. The molecular weight excluding hydrogens is 272 g/mol. The highest BCUT2D eigenvalue weighted by Gasteiger charge is 2.11. The van der Waals surface area contributed by atoms with E-state index in [1.165, 1.54) is 0 Å². The Labute approximate surface area is 119 Å². The van der Waals surface area contributed by atoms with Crippen LogP contribution in [0, 0.1) is 6.92 Å². The standard InChI is InChI=1S/C14H12N4OS/c1-8-17-11-5-4-9(7-12(11)20-8)18-14(19)13-10(15)3-2-6-16-13/h2-7H,15H2,1H3,(H,18,19). The maximum atomic E-state index is 12.1. The summed E-state index contributed by atoms with van der Waals surface area (Å²) in [5.74, 6) is -0.316. The van der Waals surface area contributed by atoms with Gasteiger partial charge in [0.15, 0.2) is 5.69 Å². The van der Waals surface area contributed by atoms with Gasteiger partial charge in [-0.25, -0.2) is 9.97 Å². The number of aromatic nitrogens is 2. The van der Waals surface area contributed by atoms with E-state index in [-0.39, 0.29) is 11.6 Å². The first-order valence-corrected chi connectivity index (χ1v) is 6.84. The van der Waals surface area contributed by atoms with E-state index in [4.69, 9.17) is 5.73 Å². The molecule has 0 aliphatic rings. The van der Waals surface area contributed by atoms with Gasteiger partial charge in [0.25, 0.3) is 5.91 Å². The normalized spacial score (nSPS) is 10.7. The quantitative estimate of drug-likeness (QED) is 0.758. The Kier molecular flexibility index (Phi) is 3.08. The molecule has 0 spiro atoms. The van der Waals surface area contributed by atoms with Gasteiger partial charge >= 0.3 is 0 Å². The van der Waals surface area contributed by atoms with Crippen LogP contribution < -0.4 is 11.1 Å². The van der Waals surface area contributed by atoms with Gasteiger partial charge in [0.05, 0.1) is 20.9 Å². The molecule has 0 bridgehead atoms. The van der Waals surface area contributed by atoms with Crippen LogP contribution in [0.15, 0.2) is 36.5 Å². The molecule has 0 unspecified atom stereocenters. The topological polar surface area (TPSA) is 80.9 Å². The van der Waals surface area contributed by atoms with Gasteiger partial charge in [-0.05, 0) is 37.3 Å². The fourth-order valence-corrected chi connectivity index (χ4v) is 2.78. The number of nitrogen functional groups attached to an aromatic ring is 1. The Morgan fingerprint density at radius 1 is 1.35 bits per heavy atom. The second-order valence-corrected chi connectivity index (χ2v) is 5.55. The lowest BCUT2D eigenvalue weighted by molar-refractivity contribution is 0.102. The van der Waals surface area contributed by atoms with Crippen molar-refractivity contribution in [2.45, 2.75) is 6.92 Å². The molecule has 3 rings (SSSR count). The van der Waals surface area contributed by atoms with Crippen molar-refractivity contribution in [1.82, 2.24) is 9.97 Å². The van der Waals surface area contributed by atoms with Crippen molar-refractivity contribution in [2.75, 3.05) is 11.1 Å². The molecule has 3 aromatic rings. The maximum Gasteiger partial charge on any atom is 0.276 e. The molecule has 0 atom stereocenters. The van der Waals surface area contributed by atoms with Gasteiger partial charge in [-0.3, -0.25) is 4.79 Å². The van der Waals surface area contributed by atoms with Gasteiger partial charge in [0.2, 0.25) is 0 Å². The largest absolute Gasteiger partial charge is 0.397 e. The number of nitrogens with two attached hydrogens (primary N) is 1. The third kappa shape index (κ3) is 2.33. The molecular formula is C14H12N4OS. The van der Waals surface area contributed by atoms with Crippen LogP contribution in [-0.2, 0) is 0 Å². The minimum atomic E-state index is -0.316. The van der Waals surface area contributed by atoms with Crippen LogP contribution in [-0.4, -0.2) is 15.9 Å². The third-order valence-electron chi connectivity index (χ3n) is 2.81. The lowest BCUT2D eigenvalue weighted by Crippen LogP contribution is -2.15. The van der Waals surface area contributed by atoms with Gasteiger partial charge in [-0.1, -0.05) is 0 Å². The summed E-state index contributed by atoms with van der Waals surface area (Å²) in [6, 6.07) is 8.95. The smallest absolute Gasteiger partial charge is 0.276 e. The second-order valence-electron chi connectivity index (χ2n) is 4.31. The van der Waals surface area contributed by atoms with E-state index in [0.29, 0.717) is 11.4 Å². The van der Waals surface area contributed by atoms with Gasteiger partial charge in [-0.2, -0.15) is 0 Å². The van der Waals surface area contributed by atoms with E-state index in [0.717, 1.165) is 15.2 Å². The summed E-state index contributed by atoms with van der Waals surface area (Å²) in [7, 11) is 0. The van der Waals surface area contributed by atoms with Crippen molar-refractivity contribution in [2.24, 2.45) is 0 Å². The van der Waals surface area contributed by atoms with Crippen LogP contribution in [0.1, 0.15) is 15.5 Å². The first-order valence-electron chi connectivity index (χ1n) is 6.02. The summed E-state index contributed by atoms with van der Waals surface area (Å²) >= 11 is 1.59. The summed E-state index contributed by atoms with van der Waals surface area (Å²) in [6.45, 7) is 1.96. The predicted molar refractivity (Wildman–Crippen MR) is 81.0 cm³/mol. The number of hydrogen-bond donors (Lipinski definition) is 2. The molecule has 0 aliphatic heterocycles. The zero-order valence-electron chi connectivity index (χ0n) is 10.8. The molecule has 100 valence electrons. The molecule has 0 aliphatic carbocycles. The van der Waals surface area contributed by atoms with Crippen molar-refractivity contribution in [1.29, 1.82) is 0 Å². The summed E-state index contributed by atoms with van der Waals surface area (Å²) < 4.78 is 1.04. The van der Waals surface area contributed by atoms with Crippen LogP contribution in [0.5, 0.6) is 0 Å². The van der Waals surface area contributed by atoms with Gasteiger partial charge in [0.1, 0.15) is 0 Å². The fourth-order valence-electron chi connectivity index (χ4n) is 1.92. The Bertz CT molecular complexity index is 797. The molecule has 6 heteroatoms. The minimum absolute atomic E-state index is 0.230.